The van der Waals surface area contributed by atoms with Gasteiger partial charge in [-0.3, -0.25) is 15.2 Å². The van der Waals surface area contributed by atoms with Crippen molar-refractivity contribution in [3.63, 3.8) is 0 Å². The van der Waals surface area contributed by atoms with E-state index in [0.29, 0.717) is 17.3 Å². The van der Waals surface area contributed by atoms with E-state index in [-0.39, 0.29) is 18.5 Å². The standard InChI is InChI=1S/C16H23ClN4O/c1-4-10-20(16(22)21(11-5-2)15(18)19)14-12(6-3)8-7-9-13(14)17/h5,7-9H,2,4,6,10-11H2,1,3H3,(H3,18,19). The quantitative estimate of drug-likeness (QED) is 0.477. The molecule has 120 valence electrons. The summed E-state index contributed by atoms with van der Waals surface area (Å²) in [5, 5.41) is 8.12. The van der Waals surface area contributed by atoms with Crippen LogP contribution in [0.1, 0.15) is 25.8 Å². The van der Waals surface area contributed by atoms with Crippen molar-refractivity contribution >= 4 is 29.3 Å². The first-order valence-electron chi connectivity index (χ1n) is 7.29. The molecule has 0 aromatic heterocycles. The highest BCUT2D eigenvalue weighted by molar-refractivity contribution is 6.34. The first kappa shape index (κ1) is 18.0. The Hall–Kier alpha value is -2.01. The molecule has 6 heteroatoms. The number of carbonyl (C=O) groups is 1. The second-order valence-corrected chi connectivity index (χ2v) is 5.23. The SMILES string of the molecule is C=CCN(C(=N)N)C(=O)N(CCC)c1c(Cl)cccc1CC. The first-order chi connectivity index (χ1) is 10.5. The fraction of sp³-hybridized carbons (Fsp3) is 0.375. The van der Waals surface area contributed by atoms with E-state index >= 15 is 0 Å². The molecule has 0 saturated heterocycles. The van der Waals surface area contributed by atoms with E-state index < -0.39 is 0 Å². The molecular formula is C16H23ClN4O. The third-order valence-corrected chi connectivity index (χ3v) is 3.54. The van der Waals surface area contributed by atoms with E-state index in [1.807, 2.05) is 26.0 Å². The molecule has 0 heterocycles. The number of nitrogens with zero attached hydrogens (tertiary/aromatic N) is 2. The predicted molar refractivity (Wildman–Crippen MR) is 92.7 cm³/mol. The average molecular weight is 323 g/mol. The van der Waals surface area contributed by atoms with Gasteiger partial charge in [0.25, 0.3) is 0 Å². The number of nitrogens with two attached hydrogens (primary N) is 1. The van der Waals surface area contributed by atoms with Gasteiger partial charge in [0.2, 0.25) is 0 Å². The van der Waals surface area contributed by atoms with Crippen molar-refractivity contribution in [3.8, 4) is 0 Å². The topological polar surface area (TPSA) is 73.4 Å². The van der Waals surface area contributed by atoms with Crippen LogP contribution < -0.4 is 10.6 Å². The number of guanidine groups is 1. The summed E-state index contributed by atoms with van der Waals surface area (Å²) in [5.74, 6) is -0.309. The van der Waals surface area contributed by atoms with Crippen LogP contribution in [-0.4, -0.2) is 30.0 Å². The molecule has 2 amide bonds. The van der Waals surface area contributed by atoms with Gasteiger partial charge in [0.05, 0.1) is 10.7 Å². The van der Waals surface area contributed by atoms with Crippen molar-refractivity contribution in [1.82, 2.24) is 4.90 Å². The maximum atomic E-state index is 12.8. The highest BCUT2D eigenvalue weighted by Crippen LogP contribution is 2.31. The molecule has 3 N–H and O–H groups in total. The number of aryl methyl sites for hydroxylation is 1. The Bertz CT molecular complexity index is 559. The van der Waals surface area contributed by atoms with Crippen LogP contribution >= 0.6 is 11.6 Å². The summed E-state index contributed by atoms with van der Waals surface area (Å²) in [7, 11) is 0. The zero-order valence-corrected chi connectivity index (χ0v) is 13.9. The Labute approximate surface area is 136 Å². The molecule has 0 saturated carbocycles. The van der Waals surface area contributed by atoms with Gasteiger partial charge in [-0.2, -0.15) is 0 Å². The number of amides is 2. The number of nitrogens with one attached hydrogen (secondary N) is 1. The molecule has 1 rings (SSSR count). The van der Waals surface area contributed by atoms with Gasteiger partial charge >= 0.3 is 6.03 Å². The molecule has 0 atom stereocenters. The summed E-state index contributed by atoms with van der Waals surface area (Å²) in [6, 6.07) is 5.21. The predicted octanol–water partition coefficient (Wildman–Crippen LogP) is 3.62. The van der Waals surface area contributed by atoms with Crippen LogP contribution in [0.5, 0.6) is 0 Å². The van der Waals surface area contributed by atoms with E-state index in [0.717, 1.165) is 18.4 Å². The number of para-hydroxylation sites is 1. The fourth-order valence-electron chi connectivity index (χ4n) is 2.23. The van der Waals surface area contributed by atoms with Crippen molar-refractivity contribution in [3.05, 3.63) is 41.4 Å². The van der Waals surface area contributed by atoms with Gasteiger partial charge in [0.1, 0.15) is 0 Å². The van der Waals surface area contributed by atoms with E-state index in [4.69, 9.17) is 22.7 Å². The molecule has 22 heavy (non-hydrogen) atoms. The molecule has 0 aliphatic rings. The summed E-state index contributed by atoms with van der Waals surface area (Å²) >= 11 is 6.33. The van der Waals surface area contributed by atoms with Gasteiger partial charge < -0.3 is 5.73 Å². The zero-order chi connectivity index (χ0) is 16.7. The Balaban J connectivity index is 3.31. The van der Waals surface area contributed by atoms with Crippen molar-refractivity contribution in [1.29, 1.82) is 5.41 Å². The van der Waals surface area contributed by atoms with E-state index in [2.05, 4.69) is 6.58 Å². The summed E-state index contributed by atoms with van der Waals surface area (Å²) in [6.45, 7) is 8.27. The number of carbonyl (C=O) groups excluding carboxylic acids is 1. The lowest BCUT2D eigenvalue weighted by Crippen LogP contribution is -2.49. The maximum absolute atomic E-state index is 12.8. The second kappa shape index (κ2) is 8.44. The minimum Gasteiger partial charge on any atom is -0.370 e. The van der Waals surface area contributed by atoms with E-state index in [1.54, 1.807) is 11.0 Å². The zero-order valence-electron chi connectivity index (χ0n) is 13.1. The number of rotatable bonds is 6. The van der Waals surface area contributed by atoms with Crippen LogP contribution in [0.25, 0.3) is 0 Å². The molecule has 1 aromatic rings. The van der Waals surface area contributed by atoms with Gasteiger partial charge in [-0.1, -0.05) is 43.7 Å². The van der Waals surface area contributed by atoms with Gasteiger partial charge in [-0.05, 0) is 24.5 Å². The molecule has 0 radical (unpaired) electrons. The number of hydrogen-bond acceptors (Lipinski definition) is 2. The van der Waals surface area contributed by atoms with Crippen molar-refractivity contribution in [2.45, 2.75) is 26.7 Å². The van der Waals surface area contributed by atoms with E-state index in [1.165, 1.54) is 11.0 Å². The van der Waals surface area contributed by atoms with Crippen LogP contribution in [-0.2, 0) is 6.42 Å². The lowest BCUT2D eigenvalue weighted by atomic mass is 10.1. The largest absolute Gasteiger partial charge is 0.370 e. The van der Waals surface area contributed by atoms with Gasteiger partial charge in [-0.25, -0.2) is 4.79 Å². The number of benzene rings is 1. The summed E-state index contributed by atoms with van der Waals surface area (Å²) in [5.41, 5.74) is 7.20. The van der Waals surface area contributed by atoms with Crippen LogP contribution in [0.2, 0.25) is 5.02 Å². The van der Waals surface area contributed by atoms with Gasteiger partial charge in [0, 0.05) is 13.1 Å². The monoisotopic (exact) mass is 322 g/mol. The first-order valence-corrected chi connectivity index (χ1v) is 7.66. The van der Waals surface area contributed by atoms with Crippen LogP contribution in [0.15, 0.2) is 30.9 Å². The minimum absolute atomic E-state index is 0.181. The molecule has 0 aliphatic heterocycles. The number of anilines is 1. The van der Waals surface area contributed by atoms with Crippen molar-refractivity contribution in [2.24, 2.45) is 5.73 Å². The Morgan fingerprint density at radius 1 is 1.45 bits per heavy atom. The average Bonchev–Trinajstić information content (AvgIpc) is 2.49. The van der Waals surface area contributed by atoms with Gasteiger partial charge in [0.15, 0.2) is 5.96 Å². The highest BCUT2D eigenvalue weighted by Gasteiger charge is 2.26. The number of urea groups is 1. The fourth-order valence-corrected chi connectivity index (χ4v) is 2.52. The number of hydrogen-bond donors (Lipinski definition) is 2. The molecule has 5 nitrogen and oxygen atoms in total. The molecule has 1 aromatic carbocycles. The lowest BCUT2D eigenvalue weighted by molar-refractivity contribution is 0.229. The Morgan fingerprint density at radius 2 is 2.14 bits per heavy atom. The van der Waals surface area contributed by atoms with Crippen molar-refractivity contribution < 1.29 is 4.79 Å². The molecule has 0 spiro atoms. The third-order valence-electron chi connectivity index (χ3n) is 3.23. The molecule has 0 unspecified atom stereocenters. The Morgan fingerprint density at radius 3 is 2.64 bits per heavy atom. The normalized spacial score (nSPS) is 10.1. The van der Waals surface area contributed by atoms with Crippen molar-refractivity contribution in [2.75, 3.05) is 18.0 Å². The van der Waals surface area contributed by atoms with Crippen LogP contribution in [0, 0.1) is 5.41 Å². The minimum atomic E-state index is -0.364. The Kier molecular flexibility index (Phi) is 6.92. The number of halogens is 1. The smallest absolute Gasteiger partial charge is 0.331 e. The third kappa shape index (κ3) is 4.01. The van der Waals surface area contributed by atoms with Crippen LogP contribution in [0.4, 0.5) is 10.5 Å². The molecular weight excluding hydrogens is 300 g/mol. The molecule has 0 bridgehead atoms. The molecule has 0 fully saturated rings. The lowest BCUT2D eigenvalue weighted by Gasteiger charge is -2.30. The molecule has 0 aliphatic carbocycles. The van der Waals surface area contributed by atoms with Gasteiger partial charge in [-0.15, -0.1) is 6.58 Å². The maximum Gasteiger partial charge on any atom is 0.331 e. The van der Waals surface area contributed by atoms with Crippen LogP contribution in [0.3, 0.4) is 0 Å². The summed E-state index contributed by atoms with van der Waals surface area (Å²) < 4.78 is 0. The van der Waals surface area contributed by atoms with E-state index in [9.17, 15) is 4.79 Å². The summed E-state index contributed by atoms with van der Waals surface area (Å²) in [4.78, 5) is 15.6. The summed E-state index contributed by atoms with van der Waals surface area (Å²) in [6.07, 6.45) is 3.06. The highest BCUT2D eigenvalue weighted by atomic mass is 35.5. The second-order valence-electron chi connectivity index (χ2n) is 4.82.